The maximum absolute atomic E-state index is 14.0. The van der Waals surface area contributed by atoms with Crippen LogP contribution in [-0.2, 0) is 25.6 Å². The van der Waals surface area contributed by atoms with E-state index in [-0.39, 0.29) is 66.9 Å². The third-order valence-corrected chi connectivity index (χ3v) is 6.62. The predicted octanol–water partition coefficient (Wildman–Crippen LogP) is 1.99. The van der Waals surface area contributed by atoms with Crippen molar-refractivity contribution in [3.05, 3.63) is 30.1 Å². The van der Waals surface area contributed by atoms with Crippen LogP contribution in [0, 0.1) is 11.8 Å². The van der Waals surface area contributed by atoms with Crippen molar-refractivity contribution in [1.82, 2.24) is 24.7 Å². The fourth-order valence-electron chi connectivity index (χ4n) is 4.90. The van der Waals surface area contributed by atoms with E-state index in [1.54, 1.807) is 4.57 Å². The summed E-state index contributed by atoms with van der Waals surface area (Å²) >= 11 is 0. The Hall–Kier alpha value is -2.40. The van der Waals surface area contributed by atoms with E-state index in [1.165, 1.54) is 7.11 Å². The first-order chi connectivity index (χ1) is 16.9. The molecule has 2 amide bonds. The summed E-state index contributed by atoms with van der Waals surface area (Å²) in [6.07, 6.45) is 0.582. The average molecular weight is 559 g/mol. The number of hydrogen-bond donors (Lipinski definition) is 1. The predicted molar refractivity (Wildman–Crippen MR) is 144 cm³/mol. The molecule has 2 aliphatic heterocycles. The van der Waals surface area contributed by atoms with Crippen LogP contribution in [-0.4, -0.2) is 96.2 Å². The maximum atomic E-state index is 14.0. The fourth-order valence-corrected chi connectivity index (χ4v) is 4.90. The van der Waals surface area contributed by atoms with Crippen molar-refractivity contribution >= 4 is 53.6 Å². The molecular formula is C25H37Cl2N5O5. The Labute approximate surface area is 229 Å². The zero-order valence-electron chi connectivity index (χ0n) is 21.6. The number of carbonyl (C=O) groups is 3. The van der Waals surface area contributed by atoms with Gasteiger partial charge in [0.1, 0.15) is 6.54 Å². The first kappa shape index (κ1) is 30.8. The number of piperidine rings is 1. The quantitative estimate of drug-likeness (QED) is 0.519. The number of ether oxygens (including phenoxy) is 2. The second-order valence-corrected chi connectivity index (χ2v) is 9.62. The van der Waals surface area contributed by atoms with Crippen LogP contribution in [0.4, 0.5) is 0 Å². The van der Waals surface area contributed by atoms with Crippen LogP contribution in [0.1, 0.15) is 30.9 Å². The van der Waals surface area contributed by atoms with Crippen LogP contribution in [0.2, 0.25) is 0 Å². The highest BCUT2D eigenvalue weighted by atomic mass is 35.5. The number of halogens is 2. The molecule has 0 unspecified atom stereocenters. The number of carbonyl (C=O) groups excluding carboxylic acids is 3. The summed E-state index contributed by atoms with van der Waals surface area (Å²) in [5.41, 5.74) is 1.35. The van der Waals surface area contributed by atoms with Gasteiger partial charge >= 0.3 is 5.97 Å². The van der Waals surface area contributed by atoms with Gasteiger partial charge in [-0.3, -0.25) is 14.4 Å². The van der Waals surface area contributed by atoms with Crippen molar-refractivity contribution < 1.29 is 23.9 Å². The normalized spacial score (nSPS) is 19.6. The minimum absolute atomic E-state index is 0. The molecule has 10 nitrogen and oxygen atoms in total. The van der Waals surface area contributed by atoms with Crippen LogP contribution < -0.4 is 5.32 Å². The molecule has 2 atom stereocenters. The van der Waals surface area contributed by atoms with E-state index in [4.69, 9.17) is 9.47 Å². The van der Waals surface area contributed by atoms with Gasteiger partial charge in [-0.15, -0.1) is 24.8 Å². The van der Waals surface area contributed by atoms with Gasteiger partial charge in [0.15, 0.2) is 0 Å². The molecule has 0 spiro atoms. The van der Waals surface area contributed by atoms with Crippen molar-refractivity contribution in [2.24, 2.45) is 11.8 Å². The van der Waals surface area contributed by atoms with Crippen molar-refractivity contribution in [3.63, 3.8) is 0 Å². The van der Waals surface area contributed by atoms with E-state index in [0.29, 0.717) is 63.4 Å². The summed E-state index contributed by atoms with van der Waals surface area (Å²) in [5.74, 6) is -0.367. The largest absolute Gasteiger partial charge is 0.468 e. The number of amides is 2. The highest BCUT2D eigenvalue weighted by Crippen LogP contribution is 2.24. The van der Waals surface area contributed by atoms with Gasteiger partial charge in [0.05, 0.1) is 37.3 Å². The topological polar surface area (TPSA) is 106 Å². The molecule has 0 aliphatic carbocycles. The Morgan fingerprint density at radius 1 is 1.16 bits per heavy atom. The SMILES string of the molecule is COC(=O)Cn1c(C(=O)N(CC(C)C)[C@@H]2CNC[C@H](C(=O)N3CCOCC3)C2)nc2ccccc21.Cl.Cl. The molecule has 2 aromatic rings. The molecule has 3 heterocycles. The minimum atomic E-state index is -0.451. The van der Waals surface area contributed by atoms with Gasteiger partial charge in [0, 0.05) is 38.8 Å². The molecule has 1 aromatic heterocycles. The molecule has 1 N–H and O–H groups in total. The number of hydrogen-bond acceptors (Lipinski definition) is 7. The van der Waals surface area contributed by atoms with Gasteiger partial charge in [-0.25, -0.2) is 4.98 Å². The number of esters is 1. The molecule has 0 radical (unpaired) electrons. The van der Waals surface area contributed by atoms with Crippen molar-refractivity contribution in [1.29, 1.82) is 0 Å². The molecule has 0 bridgehead atoms. The van der Waals surface area contributed by atoms with Crippen LogP contribution in [0.3, 0.4) is 0 Å². The lowest BCUT2D eigenvalue weighted by Crippen LogP contribution is -2.56. The molecule has 4 rings (SSSR count). The fraction of sp³-hybridized carbons (Fsp3) is 0.600. The van der Waals surface area contributed by atoms with Gasteiger partial charge in [0.25, 0.3) is 5.91 Å². The maximum Gasteiger partial charge on any atom is 0.325 e. The van der Waals surface area contributed by atoms with E-state index in [1.807, 2.05) is 34.1 Å². The van der Waals surface area contributed by atoms with Gasteiger partial charge < -0.3 is 29.2 Å². The second kappa shape index (κ2) is 13.9. The van der Waals surface area contributed by atoms with Gasteiger partial charge in [-0.05, 0) is 24.5 Å². The lowest BCUT2D eigenvalue weighted by Gasteiger charge is -2.40. The molecule has 0 saturated carbocycles. The number of morpholine rings is 1. The second-order valence-electron chi connectivity index (χ2n) is 9.62. The minimum Gasteiger partial charge on any atom is -0.468 e. The van der Waals surface area contributed by atoms with Crippen molar-refractivity contribution in [2.45, 2.75) is 32.9 Å². The standard InChI is InChI=1S/C25H35N5O5.2ClH/c1-17(2)15-29(19-12-18(13-26-14-19)24(32)28-8-10-35-11-9-28)25(33)23-27-20-6-4-5-7-21(20)30(23)16-22(31)34-3;;/h4-7,17-19,26H,8-16H2,1-3H3;2*1H/t18-,19+;;/m1../s1. The van der Waals surface area contributed by atoms with Gasteiger partial charge in [-0.1, -0.05) is 26.0 Å². The monoisotopic (exact) mass is 557 g/mol. The molecule has 2 saturated heterocycles. The first-order valence-electron chi connectivity index (χ1n) is 12.3. The number of methoxy groups -OCH3 is 1. The summed E-state index contributed by atoms with van der Waals surface area (Å²) in [7, 11) is 1.33. The van der Waals surface area contributed by atoms with E-state index in [0.717, 1.165) is 0 Å². The number of para-hydroxylation sites is 2. The van der Waals surface area contributed by atoms with Crippen LogP contribution in [0.15, 0.2) is 24.3 Å². The van der Waals surface area contributed by atoms with E-state index in [9.17, 15) is 14.4 Å². The van der Waals surface area contributed by atoms with Crippen LogP contribution in [0.25, 0.3) is 11.0 Å². The lowest BCUT2D eigenvalue weighted by atomic mass is 9.92. The van der Waals surface area contributed by atoms with Crippen molar-refractivity contribution in [3.8, 4) is 0 Å². The summed E-state index contributed by atoms with van der Waals surface area (Å²) in [4.78, 5) is 47.6. The molecule has 206 valence electrons. The average Bonchev–Trinajstić information content (AvgIpc) is 3.25. The molecule has 2 fully saturated rings. The van der Waals surface area contributed by atoms with Gasteiger partial charge in [0.2, 0.25) is 11.7 Å². The number of nitrogens with one attached hydrogen (secondary N) is 1. The summed E-state index contributed by atoms with van der Waals surface area (Å²) in [6.45, 7) is 8.06. The third kappa shape index (κ3) is 7.13. The number of imidazole rings is 1. The Bertz CT molecular complexity index is 1070. The summed E-state index contributed by atoms with van der Waals surface area (Å²) < 4.78 is 11.9. The number of rotatable bonds is 7. The van der Waals surface area contributed by atoms with Crippen LogP contribution in [0.5, 0.6) is 0 Å². The van der Waals surface area contributed by atoms with Crippen molar-refractivity contribution in [2.75, 3.05) is 53.0 Å². The van der Waals surface area contributed by atoms with Gasteiger partial charge in [-0.2, -0.15) is 0 Å². The number of fused-ring (bicyclic) bond motifs is 1. The highest BCUT2D eigenvalue weighted by Gasteiger charge is 2.37. The lowest BCUT2D eigenvalue weighted by molar-refractivity contribution is -0.141. The van der Waals surface area contributed by atoms with E-state index < -0.39 is 5.97 Å². The third-order valence-electron chi connectivity index (χ3n) is 6.62. The Balaban J connectivity index is 0.00000241. The summed E-state index contributed by atoms with van der Waals surface area (Å²) in [5, 5.41) is 3.37. The molecule has 12 heteroatoms. The molecular weight excluding hydrogens is 521 g/mol. The highest BCUT2D eigenvalue weighted by molar-refractivity contribution is 5.96. The molecule has 2 aliphatic rings. The van der Waals surface area contributed by atoms with Crippen LogP contribution >= 0.6 is 24.8 Å². The molecule has 1 aromatic carbocycles. The zero-order valence-corrected chi connectivity index (χ0v) is 23.2. The zero-order chi connectivity index (χ0) is 24.9. The number of aromatic nitrogens is 2. The Morgan fingerprint density at radius 2 is 1.86 bits per heavy atom. The summed E-state index contributed by atoms with van der Waals surface area (Å²) in [6, 6.07) is 7.20. The van der Waals surface area contributed by atoms with E-state index in [2.05, 4.69) is 24.1 Å². The number of benzene rings is 1. The first-order valence-corrected chi connectivity index (χ1v) is 12.3. The molecule has 37 heavy (non-hydrogen) atoms. The Morgan fingerprint density at radius 3 is 2.54 bits per heavy atom. The van der Waals surface area contributed by atoms with E-state index >= 15 is 0 Å². The smallest absolute Gasteiger partial charge is 0.325 e. The number of nitrogens with zero attached hydrogens (tertiary/aromatic N) is 4. The Kier molecular flexibility index (Phi) is 11.6.